The Kier molecular flexibility index (Phi) is 2.98. The number of aromatic hydroxyl groups is 3. The van der Waals surface area contributed by atoms with E-state index in [1.807, 2.05) is 12.1 Å². The van der Waals surface area contributed by atoms with E-state index in [9.17, 15) is 15.3 Å². The molecular weight excluding hydrogens is 292 g/mol. The van der Waals surface area contributed by atoms with Gasteiger partial charge in [-0.1, -0.05) is 0 Å². The topological polar surface area (TPSA) is 72.0 Å². The van der Waals surface area contributed by atoms with Crippen molar-refractivity contribution in [3.63, 3.8) is 0 Å². The first-order valence-corrected chi connectivity index (χ1v) is 7.42. The zero-order valence-electron chi connectivity index (χ0n) is 12.3. The maximum atomic E-state index is 9.94. The van der Waals surface area contributed by atoms with Crippen molar-refractivity contribution in [3.8, 4) is 17.2 Å². The van der Waals surface area contributed by atoms with Crippen molar-refractivity contribution in [3.05, 3.63) is 59.4 Å². The Hall–Kier alpha value is -3.01. The van der Waals surface area contributed by atoms with Crippen LogP contribution in [0.4, 0.5) is 0 Å². The summed E-state index contributed by atoms with van der Waals surface area (Å²) < 4.78 is 5.97. The average Bonchev–Trinajstić information content (AvgIpc) is 2.90. The third-order valence-electron chi connectivity index (χ3n) is 4.13. The van der Waals surface area contributed by atoms with E-state index in [0.29, 0.717) is 11.1 Å². The largest absolute Gasteiger partial charge is 0.508 e. The lowest BCUT2D eigenvalue weighted by Gasteiger charge is -2.00. The molecule has 0 spiro atoms. The molecule has 1 aromatic heterocycles. The van der Waals surface area contributed by atoms with Crippen molar-refractivity contribution < 1.29 is 19.7 Å². The molecule has 4 rings (SSSR count). The van der Waals surface area contributed by atoms with E-state index in [1.54, 1.807) is 18.2 Å². The van der Waals surface area contributed by atoms with Crippen LogP contribution in [-0.4, -0.2) is 15.3 Å². The molecular formula is C19H15O4+. The SMILES string of the molecule is Oc1ccc(/C=C2\CCc3cc4ccc(O)cc4[o+]c32)c(O)c1. The molecule has 3 N–H and O–H groups in total. The van der Waals surface area contributed by atoms with Crippen molar-refractivity contribution in [2.45, 2.75) is 12.8 Å². The van der Waals surface area contributed by atoms with Gasteiger partial charge in [-0.15, -0.1) is 0 Å². The molecule has 3 aromatic rings. The minimum Gasteiger partial charge on any atom is -0.508 e. The van der Waals surface area contributed by atoms with Gasteiger partial charge in [0, 0.05) is 11.6 Å². The number of allylic oxidation sites excluding steroid dienone is 1. The monoisotopic (exact) mass is 307 g/mol. The van der Waals surface area contributed by atoms with Crippen LogP contribution >= 0.6 is 0 Å². The van der Waals surface area contributed by atoms with E-state index in [2.05, 4.69) is 6.07 Å². The number of aryl methyl sites for hydroxylation is 1. The molecule has 4 nitrogen and oxygen atoms in total. The van der Waals surface area contributed by atoms with Crippen LogP contribution in [0.1, 0.15) is 23.3 Å². The fourth-order valence-corrected chi connectivity index (χ4v) is 2.98. The summed E-state index contributed by atoms with van der Waals surface area (Å²) in [5.74, 6) is 1.02. The second-order valence-corrected chi connectivity index (χ2v) is 5.74. The van der Waals surface area contributed by atoms with Crippen LogP contribution in [0.3, 0.4) is 0 Å². The quantitative estimate of drug-likeness (QED) is 0.586. The summed E-state index contributed by atoms with van der Waals surface area (Å²) in [6.07, 6.45) is 3.57. The molecule has 0 aliphatic heterocycles. The van der Waals surface area contributed by atoms with Crippen LogP contribution in [0.5, 0.6) is 17.2 Å². The highest BCUT2D eigenvalue weighted by Crippen LogP contribution is 2.38. The number of rotatable bonds is 1. The summed E-state index contributed by atoms with van der Waals surface area (Å²) in [4.78, 5) is 0. The van der Waals surface area contributed by atoms with Crippen LogP contribution in [-0.2, 0) is 6.42 Å². The number of hydrogen-bond acceptors (Lipinski definition) is 3. The highest BCUT2D eigenvalue weighted by molar-refractivity contribution is 5.88. The van der Waals surface area contributed by atoms with Crippen LogP contribution < -0.4 is 0 Å². The first-order chi connectivity index (χ1) is 11.1. The van der Waals surface area contributed by atoms with Gasteiger partial charge in [-0.3, -0.25) is 0 Å². The van der Waals surface area contributed by atoms with Crippen molar-refractivity contribution in [2.24, 2.45) is 0 Å². The normalized spacial score (nSPS) is 15.2. The molecule has 1 aliphatic carbocycles. The van der Waals surface area contributed by atoms with Crippen LogP contribution in [0.25, 0.3) is 22.6 Å². The van der Waals surface area contributed by atoms with E-state index >= 15 is 0 Å². The summed E-state index contributed by atoms with van der Waals surface area (Å²) in [7, 11) is 0. The molecule has 0 saturated heterocycles. The Morgan fingerprint density at radius 3 is 2.48 bits per heavy atom. The van der Waals surface area contributed by atoms with Gasteiger partial charge in [-0.25, -0.2) is 4.42 Å². The number of phenols is 3. The minimum absolute atomic E-state index is 0.0302. The molecule has 114 valence electrons. The minimum atomic E-state index is 0.0302. The number of hydrogen-bond donors (Lipinski definition) is 3. The maximum absolute atomic E-state index is 9.94. The molecule has 0 fully saturated rings. The van der Waals surface area contributed by atoms with Gasteiger partial charge in [0.25, 0.3) is 0 Å². The smallest absolute Gasteiger partial charge is 0.364 e. The van der Waals surface area contributed by atoms with Gasteiger partial charge in [0.05, 0.1) is 22.6 Å². The van der Waals surface area contributed by atoms with Gasteiger partial charge in [-0.05, 0) is 49.2 Å². The lowest BCUT2D eigenvalue weighted by Crippen LogP contribution is -1.84. The molecule has 0 amide bonds. The molecule has 0 atom stereocenters. The van der Waals surface area contributed by atoms with E-state index in [1.165, 1.54) is 12.1 Å². The second kappa shape index (κ2) is 5.02. The lowest BCUT2D eigenvalue weighted by molar-refractivity contribution is 0.450. The molecule has 4 heteroatoms. The summed E-state index contributed by atoms with van der Waals surface area (Å²) >= 11 is 0. The third-order valence-corrected chi connectivity index (χ3v) is 4.13. The van der Waals surface area contributed by atoms with Gasteiger partial charge in [0.2, 0.25) is 0 Å². The highest BCUT2D eigenvalue weighted by atomic mass is 16.3. The Labute approximate surface area is 132 Å². The predicted octanol–water partition coefficient (Wildman–Crippen LogP) is 4.32. The molecule has 0 saturated carbocycles. The van der Waals surface area contributed by atoms with Gasteiger partial charge < -0.3 is 15.3 Å². The predicted molar refractivity (Wildman–Crippen MR) is 88.2 cm³/mol. The summed E-state index contributed by atoms with van der Waals surface area (Å²) in [6, 6.07) is 11.7. The maximum Gasteiger partial charge on any atom is 0.364 e. The third kappa shape index (κ3) is 2.38. The van der Waals surface area contributed by atoms with Crippen molar-refractivity contribution >= 4 is 22.6 Å². The second-order valence-electron chi connectivity index (χ2n) is 5.74. The Morgan fingerprint density at radius 2 is 1.65 bits per heavy atom. The van der Waals surface area contributed by atoms with Gasteiger partial charge >= 0.3 is 11.3 Å². The first-order valence-electron chi connectivity index (χ1n) is 7.42. The number of benzene rings is 2. The van der Waals surface area contributed by atoms with Gasteiger partial charge in [0.1, 0.15) is 17.2 Å². The van der Waals surface area contributed by atoms with Crippen LogP contribution in [0.15, 0.2) is 46.9 Å². The lowest BCUT2D eigenvalue weighted by atomic mass is 10.1. The van der Waals surface area contributed by atoms with E-state index in [0.717, 1.165) is 35.1 Å². The van der Waals surface area contributed by atoms with Crippen molar-refractivity contribution in [2.75, 3.05) is 0 Å². The van der Waals surface area contributed by atoms with Crippen LogP contribution in [0, 0.1) is 0 Å². The Morgan fingerprint density at radius 1 is 0.870 bits per heavy atom. The summed E-state index contributed by atoms with van der Waals surface area (Å²) in [5.41, 5.74) is 3.38. The molecule has 23 heavy (non-hydrogen) atoms. The van der Waals surface area contributed by atoms with E-state index in [4.69, 9.17) is 4.42 Å². The number of fused-ring (bicyclic) bond motifs is 2. The van der Waals surface area contributed by atoms with Crippen molar-refractivity contribution in [1.29, 1.82) is 0 Å². The standard InChI is InChI=1S/C19H14O4/c20-15-5-3-11(17(22)9-15)7-13-1-2-14-8-12-4-6-16(21)10-18(12)23-19(13)14/h3-10H,1-2H2,(H2-,20,21,22)/p+1/b13-7+. The van der Waals surface area contributed by atoms with E-state index < -0.39 is 0 Å². The average molecular weight is 307 g/mol. The number of phenolic OH excluding ortho intramolecular Hbond substituents is 3. The highest BCUT2D eigenvalue weighted by Gasteiger charge is 2.29. The fraction of sp³-hybridized carbons (Fsp3) is 0.105. The zero-order valence-corrected chi connectivity index (χ0v) is 12.3. The van der Waals surface area contributed by atoms with Crippen LogP contribution in [0.2, 0.25) is 0 Å². The first kappa shape index (κ1) is 13.6. The molecule has 0 radical (unpaired) electrons. The molecule has 1 heterocycles. The summed E-state index contributed by atoms with van der Waals surface area (Å²) in [6.45, 7) is 0. The molecule has 1 aliphatic rings. The fourth-order valence-electron chi connectivity index (χ4n) is 2.98. The van der Waals surface area contributed by atoms with Crippen molar-refractivity contribution in [1.82, 2.24) is 0 Å². The molecule has 0 unspecified atom stereocenters. The van der Waals surface area contributed by atoms with Gasteiger partial charge in [-0.2, -0.15) is 0 Å². The zero-order chi connectivity index (χ0) is 16.0. The Bertz CT molecular complexity index is 957. The van der Waals surface area contributed by atoms with Gasteiger partial charge in [0.15, 0.2) is 0 Å². The summed E-state index contributed by atoms with van der Waals surface area (Å²) in [5, 5.41) is 29.9. The van der Waals surface area contributed by atoms with E-state index in [-0.39, 0.29) is 17.2 Å². The molecule has 2 aromatic carbocycles. The Balaban J connectivity index is 1.84. The molecule has 0 bridgehead atoms.